The predicted octanol–water partition coefficient (Wildman–Crippen LogP) is 1.82. The molecule has 5 heteroatoms. The Balaban J connectivity index is 1.92. The molecule has 0 unspecified atom stereocenters. The molecular weight excluding hydrogens is 280 g/mol. The van der Waals surface area contributed by atoms with Gasteiger partial charge >= 0.3 is 0 Å². The zero-order valence-electron chi connectivity index (χ0n) is 13.1. The summed E-state index contributed by atoms with van der Waals surface area (Å²) in [6, 6.07) is 8.62. The first-order valence-corrected chi connectivity index (χ1v) is 7.46. The maximum Gasteiger partial charge on any atom is 0.289 e. The molecule has 1 amide bonds. The van der Waals surface area contributed by atoms with Gasteiger partial charge < -0.3 is 14.2 Å². The molecule has 22 heavy (non-hydrogen) atoms. The molecule has 1 saturated heterocycles. The summed E-state index contributed by atoms with van der Waals surface area (Å²) in [5.41, 5.74) is 0.274. The minimum atomic E-state index is -0.209. The van der Waals surface area contributed by atoms with Crippen LogP contribution in [0.1, 0.15) is 17.5 Å². The number of benzene rings is 1. The number of para-hydroxylation sites is 1. The number of fused-ring (bicyclic) bond motifs is 1. The topological polar surface area (TPSA) is 53.8 Å². The molecule has 0 spiro atoms. The Morgan fingerprint density at radius 3 is 2.68 bits per heavy atom. The highest BCUT2D eigenvalue weighted by Crippen LogP contribution is 2.22. The fourth-order valence-corrected chi connectivity index (χ4v) is 3.15. The fraction of sp³-hybridized carbons (Fsp3) is 0.412. The largest absolute Gasteiger partial charge is 0.451 e. The average molecular weight is 300 g/mol. The summed E-state index contributed by atoms with van der Waals surface area (Å²) < 4.78 is 5.64. The van der Waals surface area contributed by atoms with Crippen molar-refractivity contribution in [1.29, 1.82) is 0 Å². The third-order valence-electron chi connectivity index (χ3n) is 4.37. The number of hydrogen-bond acceptors (Lipinski definition) is 4. The first kappa shape index (κ1) is 14.8. The van der Waals surface area contributed by atoms with Crippen molar-refractivity contribution >= 4 is 16.9 Å². The number of likely N-dealkylation sites (N-methyl/N-ethyl adjacent to an activating group) is 1. The highest BCUT2D eigenvalue weighted by atomic mass is 16.3. The van der Waals surface area contributed by atoms with Crippen molar-refractivity contribution in [3.8, 4) is 0 Å². The number of amides is 1. The van der Waals surface area contributed by atoms with Gasteiger partial charge in [-0.2, -0.15) is 0 Å². The predicted molar refractivity (Wildman–Crippen MR) is 85.0 cm³/mol. The van der Waals surface area contributed by atoms with E-state index < -0.39 is 0 Å². The van der Waals surface area contributed by atoms with Crippen molar-refractivity contribution in [2.45, 2.75) is 13.0 Å². The van der Waals surface area contributed by atoms with Crippen molar-refractivity contribution in [3.05, 3.63) is 46.3 Å². The molecule has 2 atom stereocenters. The second kappa shape index (κ2) is 5.57. The minimum Gasteiger partial charge on any atom is -0.451 e. The Labute approximate surface area is 129 Å². The molecule has 1 fully saturated rings. The van der Waals surface area contributed by atoms with E-state index in [0.717, 1.165) is 0 Å². The van der Waals surface area contributed by atoms with Gasteiger partial charge in [0, 0.05) is 25.2 Å². The lowest BCUT2D eigenvalue weighted by atomic mass is 10.1. The first-order valence-electron chi connectivity index (χ1n) is 7.46. The standard InChI is InChI=1S/C17H20N2O3/c1-11-9-19(10-13(11)18(2)3)17(21)16-8-14(20)12-6-4-5-7-15(12)22-16/h4-8,11,13H,9-10H2,1-3H3/t11-,13+/m0/s1. The number of carbonyl (C=O) groups is 1. The number of hydrogen-bond donors (Lipinski definition) is 0. The Bertz CT molecular complexity index is 766. The highest BCUT2D eigenvalue weighted by Gasteiger charge is 2.34. The molecule has 1 aromatic carbocycles. The average Bonchev–Trinajstić information content (AvgIpc) is 2.88. The van der Waals surface area contributed by atoms with Crippen LogP contribution in [0.5, 0.6) is 0 Å². The molecule has 0 N–H and O–H groups in total. The van der Waals surface area contributed by atoms with E-state index >= 15 is 0 Å². The number of rotatable bonds is 2. The van der Waals surface area contributed by atoms with E-state index in [4.69, 9.17) is 4.42 Å². The molecular formula is C17H20N2O3. The summed E-state index contributed by atoms with van der Waals surface area (Å²) in [6.45, 7) is 3.47. The lowest BCUT2D eigenvalue weighted by Gasteiger charge is -2.22. The summed E-state index contributed by atoms with van der Waals surface area (Å²) in [5, 5.41) is 0.500. The second-order valence-corrected chi connectivity index (χ2v) is 6.19. The zero-order chi connectivity index (χ0) is 15.9. The van der Waals surface area contributed by atoms with Gasteiger partial charge in [0.1, 0.15) is 5.58 Å². The molecule has 1 aromatic heterocycles. The molecule has 116 valence electrons. The van der Waals surface area contributed by atoms with Crippen LogP contribution in [0.25, 0.3) is 11.0 Å². The van der Waals surface area contributed by atoms with Crippen LogP contribution in [0, 0.1) is 5.92 Å². The number of likely N-dealkylation sites (tertiary alicyclic amines) is 1. The van der Waals surface area contributed by atoms with E-state index in [1.807, 2.05) is 14.1 Å². The minimum absolute atomic E-state index is 0.121. The van der Waals surface area contributed by atoms with Crippen LogP contribution in [0.2, 0.25) is 0 Å². The molecule has 3 rings (SSSR count). The molecule has 1 aliphatic heterocycles. The zero-order valence-corrected chi connectivity index (χ0v) is 13.1. The Morgan fingerprint density at radius 1 is 1.27 bits per heavy atom. The van der Waals surface area contributed by atoms with Gasteiger partial charge in [0.25, 0.3) is 5.91 Å². The van der Waals surface area contributed by atoms with E-state index in [0.29, 0.717) is 36.0 Å². The molecule has 2 heterocycles. The molecule has 0 aliphatic carbocycles. The lowest BCUT2D eigenvalue weighted by molar-refractivity contribution is 0.0750. The first-order chi connectivity index (χ1) is 10.5. The summed E-state index contributed by atoms with van der Waals surface area (Å²) >= 11 is 0. The van der Waals surface area contributed by atoms with E-state index in [1.54, 1.807) is 29.2 Å². The van der Waals surface area contributed by atoms with Gasteiger partial charge in [-0.3, -0.25) is 9.59 Å². The van der Waals surface area contributed by atoms with Gasteiger partial charge in [0.05, 0.1) is 5.39 Å². The van der Waals surface area contributed by atoms with Crippen LogP contribution >= 0.6 is 0 Å². The SMILES string of the molecule is C[C@H]1CN(C(=O)c2cc(=O)c3ccccc3o2)C[C@H]1N(C)C. The number of nitrogens with zero attached hydrogens (tertiary/aromatic N) is 2. The van der Waals surface area contributed by atoms with Crippen LogP contribution in [-0.2, 0) is 0 Å². The Morgan fingerprint density at radius 2 is 2.00 bits per heavy atom. The maximum absolute atomic E-state index is 12.6. The molecule has 0 bridgehead atoms. The van der Waals surface area contributed by atoms with Gasteiger partial charge in [0.15, 0.2) is 11.2 Å². The van der Waals surface area contributed by atoms with Crippen molar-refractivity contribution in [2.75, 3.05) is 27.2 Å². The van der Waals surface area contributed by atoms with Crippen LogP contribution in [-0.4, -0.2) is 48.9 Å². The van der Waals surface area contributed by atoms with Crippen LogP contribution < -0.4 is 5.43 Å². The summed E-state index contributed by atoms with van der Waals surface area (Å²) in [7, 11) is 4.04. The van der Waals surface area contributed by atoms with Crippen LogP contribution in [0.4, 0.5) is 0 Å². The molecule has 0 saturated carbocycles. The van der Waals surface area contributed by atoms with E-state index in [2.05, 4.69) is 11.8 Å². The molecule has 2 aromatic rings. The van der Waals surface area contributed by atoms with Crippen molar-refractivity contribution in [3.63, 3.8) is 0 Å². The van der Waals surface area contributed by atoms with Crippen molar-refractivity contribution in [1.82, 2.24) is 9.80 Å². The van der Waals surface area contributed by atoms with Gasteiger partial charge in [-0.15, -0.1) is 0 Å². The normalized spacial score (nSPS) is 21.7. The van der Waals surface area contributed by atoms with Gasteiger partial charge in [-0.25, -0.2) is 0 Å². The third kappa shape index (κ3) is 2.52. The van der Waals surface area contributed by atoms with Crippen LogP contribution in [0.15, 0.2) is 39.5 Å². The Kier molecular flexibility index (Phi) is 3.74. The van der Waals surface area contributed by atoms with Crippen molar-refractivity contribution in [2.24, 2.45) is 5.92 Å². The quantitative estimate of drug-likeness (QED) is 0.849. The maximum atomic E-state index is 12.6. The third-order valence-corrected chi connectivity index (χ3v) is 4.37. The summed E-state index contributed by atoms with van der Waals surface area (Å²) in [6.07, 6.45) is 0. The molecule has 5 nitrogen and oxygen atoms in total. The lowest BCUT2D eigenvalue weighted by Crippen LogP contribution is -2.36. The van der Waals surface area contributed by atoms with Gasteiger partial charge in [-0.05, 0) is 32.1 Å². The highest BCUT2D eigenvalue weighted by molar-refractivity contribution is 5.93. The second-order valence-electron chi connectivity index (χ2n) is 6.19. The Hall–Kier alpha value is -2.14. The van der Waals surface area contributed by atoms with E-state index in [1.165, 1.54) is 6.07 Å². The van der Waals surface area contributed by atoms with Crippen molar-refractivity contribution < 1.29 is 9.21 Å². The van der Waals surface area contributed by atoms with Crippen LogP contribution in [0.3, 0.4) is 0 Å². The molecule has 0 radical (unpaired) electrons. The smallest absolute Gasteiger partial charge is 0.289 e. The fourth-order valence-electron chi connectivity index (χ4n) is 3.15. The summed E-state index contributed by atoms with van der Waals surface area (Å²) in [4.78, 5) is 28.6. The molecule has 1 aliphatic rings. The van der Waals surface area contributed by atoms with E-state index in [9.17, 15) is 9.59 Å². The van der Waals surface area contributed by atoms with Gasteiger partial charge in [0.2, 0.25) is 0 Å². The number of carbonyl (C=O) groups excluding carboxylic acids is 1. The van der Waals surface area contributed by atoms with Gasteiger partial charge in [-0.1, -0.05) is 19.1 Å². The van der Waals surface area contributed by atoms with E-state index in [-0.39, 0.29) is 17.1 Å². The monoisotopic (exact) mass is 300 g/mol. The summed E-state index contributed by atoms with van der Waals surface area (Å²) in [5.74, 6) is 0.306.